The van der Waals surface area contributed by atoms with Crippen LogP contribution in [-0.2, 0) is 7.05 Å². The molecule has 1 aliphatic rings. The first-order chi connectivity index (χ1) is 12.6. The second-order valence-corrected chi connectivity index (χ2v) is 6.54. The van der Waals surface area contributed by atoms with Crippen molar-refractivity contribution >= 4 is 22.9 Å². The second kappa shape index (κ2) is 6.67. The van der Waals surface area contributed by atoms with Crippen LogP contribution in [0.4, 0.5) is 0 Å². The van der Waals surface area contributed by atoms with Gasteiger partial charge in [-0.15, -0.1) is 0 Å². The van der Waals surface area contributed by atoms with E-state index in [4.69, 9.17) is 4.42 Å². The van der Waals surface area contributed by atoms with Gasteiger partial charge in [-0.25, -0.2) is 4.98 Å². The zero-order valence-corrected chi connectivity index (χ0v) is 14.6. The first kappa shape index (κ1) is 16.4. The third-order valence-corrected chi connectivity index (χ3v) is 4.73. The SMILES string of the molecule is Cn1ccc(C(=O)N2CCCN(C(=O)c3ccc4ncoc4c3)CC2)c1. The van der Waals surface area contributed by atoms with Crippen molar-refractivity contribution in [3.05, 3.63) is 54.2 Å². The number of benzene rings is 1. The monoisotopic (exact) mass is 352 g/mol. The summed E-state index contributed by atoms with van der Waals surface area (Å²) in [5.74, 6) is -0.0275. The number of amides is 2. The van der Waals surface area contributed by atoms with Gasteiger partial charge in [0.15, 0.2) is 12.0 Å². The Morgan fingerprint density at radius 3 is 2.42 bits per heavy atom. The summed E-state index contributed by atoms with van der Waals surface area (Å²) in [4.78, 5) is 33.1. The molecule has 0 N–H and O–H groups in total. The van der Waals surface area contributed by atoms with Crippen molar-refractivity contribution in [2.75, 3.05) is 26.2 Å². The lowest BCUT2D eigenvalue weighted by molar-refractivity contribution is 0.0719. The standard InChI is InChI=1S/C19H20N4O3/c1-21-8-5-15(12-21)19(25)23-7-2-6-22(9-10-23)18(24)14-3-4-16-17(11-14)26-13-20-16/h3-5,8,11-13H,2,6-7,9-10H2,1H3. The maximum absolute atomic E-state index is 12.8. The Balaban J connectivity index is 1.45. The van der Waals surface area contributed by atoms with Gasteiger partial charge in [0.25, 0.3) is 11.8 Å². The summed E-state index contributed by atoms with van der Waals surface area (Å²) >= 11 is 0. The fourth-order valence-electron chi connectivity index (χ4n) is 3.31. The molecule has 1 aromatic carbocycles. The van der Waals surface area contributed by atoms with Gasteiger partial charge in [-0.2, -0.15) is 0 Å². The molecule has 2 amide bonds. The Morgan fingerprint density at radius 2 is 1.73 bits per heavy atom. The van der Waals surface area contributed by atoms with E-state index in [0.717, 1.165) is 11.9 Å². The van der Waals surface area contributed by atoms with Crippen LogP contribution in [-0.4, -0.2) is 57.3 Å². The van der Waals surface area contributed by atoms with E-state index < -0.39 is 0 Å². The normalized spacial score (nSPS) is 15.3. The first-order valence-electron chi connectivity index (χ1n) is 8.65. The minimum Gasteiger partial charge on any atom is -0.443 e. The first-order valence-corrected chi connectivity index (χ1v) is 8.65. The van der Waals surface area contributed by atoms with E-state index in [1.165, 1.54) is 6.39 Å². The molecule has 7 nitrogen and oxygen atoms in total. The number of fused-ring (bicyclic) bond motifs is 1. The Morgan fingerprint density at radius 1 is 1.00 bits per heavy atom. The lowest BCUT2D eigenvalue weighted by Gasteiger charge is -2.22. The molecule has 134 valence electrons. The van der Waals surface area contributed by atoms with Gasteiger partial charge in [0.05, 0.1) is 5.56 Å². The zero-order valence-electron chi connectivity index (χ0n) is 14.6. The molecule has 3 aromatic rings. The maximum Gasteiger partial charge on any atom is 0.255 e. The predicted molar refractivity (Wildman–Crippen MR) is 95.8 cm³/mol. The number of hydrogen-bond donors (Lipinski definition) is 0. The van der Waals surface area contributed by atoms with Crippen molar-refractivity contribution in [1.29, 1.82) is 0 Å². The van der Waals surface area contributed by atoms with Crippen LogP contribution in [0.25, 0.3) is 11.1 Å². The summed E-state index contributed by atoms with van der Waals surface area (Å²) in [5, 5.41) is 0. The molecule has 1 aliphatic heterocycles. The minimum atomic E-state index is -0.0442. The van der Waals surface area contributed by atoms with Crippen LogP contribution in [0.2, 0.25) is 0 Å². The molecule has 26 heavy (non-hydrogen) atoms. The largest absolute Gasteiger partial charge is 0.443 e. The third-order valence-electron chi connectivity index (χ3n) is 4.73. The highest BCUT2D eigenvalue weighted by atomic mass is 16.3. The molecule has 0 spiro atoms. The molecule has 1 saturated heterocycles. The van der Waals surface area contributed by atoms with E-state index in [-0.39, 0.29) is 11.8 Å². The molecule has 4 rings (SSSR count). The molecule has 0 bridgehead atoms. The molecule has 2 aromatic heterocycles. The van der Waals surface area contributed by atoms with E-state index in [1.54, 1.807) is 23.1 Å². The highest BCUT2D eigenvalue weighted by Gasteiger charge is 2.24. The van der Waals surface area contributed by atoms with Crippen molar-refractivity contribution in [1.82, 2.24) is 19.4 Å². The topological polar surface area (TPSA) is 71.6 Å². The number of aromatic nitrogens is 2. The fraction of sp³-hybridized carbons (Fsp3) is 0.316. The quantitative estimate of drug-likeness (QED) is 0.708. The number of nitrogens with zero attached hydrogens (tertiary/aromatic N) is 4. The van der Waals surface area contributed by atoms with E-state index in [9.17, 15) is 9.59 Å². The number of carbonyl (C=O) groups is 2. The van der Waals surface area contributed by atoms with E-state index in [0.29, 0.717) is 42.9 Å². The lowest BCUT2D eigenvalue weighted by atomic mass is 10.1. The van der Waals surface area contributed by atoms with Gasteiger partial charge in [-0.05, 0) is 30.7 Å². The molecular weight excluding hydrogens is 332 g/mol. The summed E-state index contributed by atoms with van der Waals surface area (Å²) in [7, 11) is 1.89. The van der Waals surface area contributed by atoms with Gasteiger partial charge in [-0.3, -0.25) is 9.59 Å². The van der Waals surface area contributed by atoms with Crippen molar-refractivity contribution in [2.45, 2.75) is 6.42 Å². The Bertz CT molecular complexity index is 959. The Hall–Kier alpha value is -3.09. The average molecular weight is 352 g/mol. The van der Waals surface area contributed by atoms with Crippen LogP contribution in [0.15, 0.2) is 47.5 Å². The fourth-order valence-corrected chi connectivity index (χ4v) is 3.31. The smallest absolute Gasteiger partial charge is 0.255 e. The summed E-state index contributed by atoms with van der Waals surface area (Å²) in [6.07, 6.45) is 5.82. The Kier molecular flexibility index (Phi) is 4.20. The molecular formula is C19H20N4O3. The number of oxazole rings is 1. The van der Waals surface area contributed by atoms with Gasteiger partial charge in [-0.1, -0.05) is 0 Å². The summed E-state index contributed by atoms with van der Waals surface area (Å²) in [6.45, 7) is 2.33. The molecule has 1 fully saturated rings. The van der Waals surface area contributed by atoms with Gasteiger partial charge in [0.2, 0.25) is 0 Å². The van der Waals surface area contributed by atoms with Crippen LogP contribution in [0.1, 0.15) is 27.1 Å². The molecule has 7 heteroatoms. The number of hydrogen-bond acceptors (Lipinski definition) is 4. The van der Waals surface area contributed by atoms with Crippen molar-refractivity contribution in [3.8, 4) is 0 Å². The number of aryl methyl sites for hydroxylation is 1. The van der Waals surface area contributed by atoms with E-state index in [2.05, 4.69) is 4.98 Å². The van der Waals surface area contributed by atoms with Crippen LogP contribution in [0.3, 0.4) is 0 Å². The minimum absolute atomic E-state index is 0.0166. The van der Waals surface area contributed by atoms with Gasteiger partial charge < -0.3 is 18.8 Å². The van der Waals surface area contributed by atoms with Gasteiger partial charge in [0, 0.05) is 51.2 Å². The van der Waals surface area contributed by atoms with Crippen LogP contribution in [0.5, 0.6) is 0 Å². The summed E-state index contributed by atoms with van der Waals surface area (Å²) < 4.78 is 7.15. The van der Waals surface area contributed by atoms with E-state index >= 15 is 0 Å². The molecule has 0 atom stereocenters. The zero-order chi connectivity index (χ0) is 18.1. The van der Waals surface area contributed by atoms with Gasteiger partial charge >= 0.3 is 0 Å². The second-order valence-electron chi connectivity index (χ2n) is 6.54. The molecule has 0 radical (unpaired) electrons. The maximum atomic E-state index is 12.8. The Labute approximate surface area is 150 Å². The van der Waals surface area contributed by atoms with Crippen molar-refractivity contribution in [3.63, 3.8) is 0 Å². The average Bonchev–Trinajstić information content (AvgIpc) is 3.22. The molecule has 0 unspecified atom stereocenters. The molecule has 0 aliphatic carbocycles. The van der Waals surface area contributed by atoms with Crippen molar-refractivity contribution in [2.24, 2.45) is 7.05 Å². The van der Waals surface area contributed by atoms with E-state index in [1.807, 2.05) is 35.0 Å². The predicted octanol–water partition coefficient (Wildman–Crippen LogP) is 2.15. The van der Waals surface area contributed by atoms with Gasteiger partial charge in [0.1, 0.15) is 5.52 Å². The van der Waals surface area contributed by atoms with Crippen LogP contribution >= 0.6 is 0 Å². The number of rotatable bonds is 2. The molecule has 3 heterocycles. The summed E-state index contributed by atoms with van der Waals surface area (Å²) in [6, 6.07) is 7.10. The highest BCUT2D eigenvalue weighted by Crippen LogP contribution is 2.17. The van der Waals surface area contributed by atoms with Crippen LogP contribution < -0.4 is 0 Å². The molecule has 0 saturated carbocycles. The van der Waals surface area contributed by atoms with Crippen LogP contribution in [0, 0.1) is 0 Å². The number of carbonyl (C=O) groups excluding carboxylic acids is 2. The third kappa shape index (κ3) is 3.08. The highest BCUT2D eigenvalue weighted by molar-refractivity contribution is 5.97. The summed E-state index contributed by atoms with van der Waals surface area (Å²) in [5.41, 5.74) is 2.60. The lowest BCUT2D eigenvalue weighted by Crippen LogP contribution is -2.37. The van der Waals surface area contributed by atoms with Crippen molar-refractivity contribution < 1.29 is 14.0 Å².